The van der Waals surface area contributed by atoms with Crippen LogP contribution in [0.1, 0.15) is 5.69 Å². The maximum absolute atomic E-state index is 5.84. The van der Waals surface area contributed by atoms with Crippen molar-refractivity contribution in [1.29, 1.82) is 0 Å². The standard InChI is InChI=1S/C22H14ClN3O/c23-12-16-13-27-22(24-16)17-7-4-8-19-21(17)26-18-10-9-15(11-20(18)25-19)14-5-2-1-3-6-14/h1-11,13H,12H2. The molecule has 0 unspecified atom stereocenters. The van der Waals surface area contributed by atoms with Gasteiger partial charge < -0.3 is 4.42 Å². The van der Waals surface area contributed by atoms with Crippen molar-refractivity contribution in [3.8, 4) is 22.6 Å². The van der Waals surface area contributed by atoms with Crippen LogP contribution in [-0.2, 0) is 5.88 Å². The Morgan fingerprint density at radius 2 is 1.63 bits per heavy atom. The molecular formula is C22H14ClN3O. The van der Waals surface area contributed by atoms with Crippen LogP contribution >= 0.6 is 11.6 Å². The number of fused-ring (bicyclic) bond motifs is 2. The summed E-state index contributed by atoms with van der Waals surface area (Å²) in [4.78, 5) is 14.1. The number of aromatic nitrogens is 3. The van der Waals surface area contributed by atoms with Gasteiger partial charge in [0, 0.05) is 0 Å². The minimum atomic E-state index is 0.311. The molecule has 0 saturated heterocycles. The van der Waals surface area contributed by atoms with E-state index in [9.17, 15) is 0 Å². The molecule has 4 nitrogen and oxygen atoms in total. The lowest BCUT2D eigenvalue weighted by atomic mass is 10.0. The van der Waals surface area contributed by atoms with Crippen LogP contribution in [-0.4, -0.2) is 15.0 Å². The Morgan fingerprint density at radius 1 is 0.741 bits per heavy atom. The summed E-state index contributed by atoms with van der Waals surface area (Å²) in [5.41, 5.74) is 7.04. The van der Waals surface area contributed by atoms with E-state index < -0.39 is 0 Å². The van der Waals surface area contributed by atoms with Gasteiger partial charge in [-0.1, -0.05) is 42.5 Å². The Labute approximate surface area is 160 Å². The van der Waals surface area contributed by atoms with Crippen LogP contribution in [0.3, 0.4) is 0 Å². The van der Waals surface area contributed by atoms with E-state index in [1.54, 1.807) is 6.26 Å². The van der Waals surface area contributed by atoms with Gasteiger partial charge in [-0.2, -0.15) is 0 Å². The lowest BCUT2D eigenvalue weighted by Gasteiger charge is -2.06. The molecule has 3 aromatic carbocycles. The van der Waals surface area contributed by atoms with Crippen LogP contribution in [0.2, 0.25) is 0 Å². The largest absolute Gasteiger partial charge is 0.444 e. The lowest BCUT2D eigenvalue weighted by Crippen LogP contribution is -1.91. The normalized spacial score (nSPS) is 11.3. The zero-order chi connectivity index (χ0) is 18.2. The smallest absolute Gasteiger partial charge is 0.228 e. The van der Waals surface area contributed by atoms with E-state index in [4.69, 9.17) is 26.0 Å². The van der Waals surface area contributed by atoms with Crippen LogP contribution in [0, 0.1) is 0 Å². The van der Waals surface area contributed by atoms with E-state index in [2.05, 4.69) is 29.2 Å². The zero-order valence-corrected chi connectivity index (χ0v) is 15.0. The van der Waals surface area contributed by atoms with Gasteiger partial charge in [0.1, 0.15) is 11.8 Å². The van der Waals surface area contributed by atoms with E-state index in [1.807, 2.05) is 42.5 Å². The molecule has 0 aliphatic carbocycles. The third-order valence-corrected chi connectivity index (χ3v) is 4.76. The molecule has 0 fully saturated rings. The number of oxazole rings is 1. The molecule has 2 heterocycles. The molecule has 2 aromatic heterocycles. The molecule has 0 bridgehead atoms. The molecule has 0 radical (unpaired) electrons. The van der Waals surface area contributed by atoms with Gasteiger partial charge in [-0.25, -0.2) is 15.0 Å². The van der Waals surface area contributed by atoms with Crippen molar-refractivity contribution < 1.29 is 4.42 Å². The summed E-state index contributed by atoms with van der Waals surface area (Å²) in [7, 11) is 0. The van der Waals surface area contributed by atoms with E-state index >= 15 is 0 Å². The fourth-order valence-electron chi connectivity index (χ4n) is 3.17. The van der Waals surface area contributed by atoms with Gasteiger partial charge in [-0.05, 0) is 35.4 Å². The second-order valence-corrected chi connectivity index (χ2v) is 6.51. The quantitative estimate of drug-likeness (QED) is 0.295. The first-order valence-electron chi connectivity index (χ1n) is 8.58. The van der Waals surface area contributed by atoms with E-state index in [0.717, 1.165) is 38.8 Å². The van der Waals surface area contributed by atoms with Gasteiger partial charge in [0.25, 0.3) is 0 Å². The SMILES string of the molecule is ClCc1coc(-c2cccc3nc4cc(-c5ccccc5)ccc4nc23)n1. The zero-order valence-electron chi connectivity index (χ0n) is 14.3. The Morgan fingerprint density at radius 3 is 2.44 bits per heavy atom. The van der Waals surface area contributed by atoms with Gasteiger partial charge in [0.15, 0.2) is 0 Å². The Hall–Kier alpha value is -3.24. The molecule has 0 saturated carbocycles. The molecule has 5 aromatic rings. The molecule has 0 atom stereocenters. The topological polar surface area (TPSA) is 51.8 Å². The fourth-order valence-corrected chi connectivity index (χ4v) is 3.29. The average molecular weight is 372 g/mol. The maximum atomic E-state index is 5.84. The molecule has 0 spiro atoms. The second kappa shape index (κ2) is 6.49. The number of hydrogen-bond acceptors (Lipinski definition) is 4. The summed E-state index contributed by atoms with van der Waals surface area (Å²) < 4.78 is 5.58. The first kappa shape index (κ1) is 16.0. The molecule has 5 heteroatoms. The summed E-state index contributed by atoms with van der Waals surface area (Å²) in [5, 5.41) is 0. The molecular weight excluding hydrogens is 358 g/mol. The molecule has 0 aliphatic rings. The summed E-state index contributed by atoms with van der Waals surface area (Å²) in [6.07, 6.45) is 1.57. The third kappa shape index (κ3) is 2.84. The maximum Gasteiger partial charge on any atom is 0.228 e. The highest BCUT2D eigenvalue weighted by Gasteiger charge is 2.13. The van der Waals surface area contributed by atoms with Gasteiger partial charge in [-0.3, -0.25) is 0 Å². The minimum absolute atomic E-state index is 0.311. The van der Waals surface area contributed by atoms with E-state index in [-0.39, 0.29) is 0 Å². The van der Waals surface area contributed by atoms with Gasteiger partial charge in [0.2, 0.25) is 5.89 Å². The highest BCUT2D eigenvalue weighted by atomic mass is 35.5. The molecule has 0 N–H and O–H groups in total. The van der Waals surface area contributed by atoms with Gasteiger partial charge in [0.05, 0.1) is 33.7 Å². The van der Waals surface area contributed by atoms with Crippen molar-refractivity contribution in [1.82, 2.24) is 15.0 Å². The summed E-state index contributed by atoms with van der Waals surface area (Å²) in [6, 6.07) is 22.2. The number of para-hydroxylation sites is 1. The van der Waals surface area contributed by atoms with Crippen LogP contribution in [0.25, 0.3) is 44.6 Å². The number of benzene rings is 3. The van der Waals surface area contributed by atoms with Gasteiger partial charge >= 0.3 is 0 Å². The van der Waals surface area contributed by atoms with E-state index in [0.29, 0.717) is 17.5 Å². The highest BCUT2D eigenvalue weighted by molar-refractivity contribution is 6.16. The van der Waals surface area contributed by atoms with Crippen molar-refractivity contribution >= 4 is 33.7 Å². The van der Waals surface area contributed by atoms with Crippen molar-refractivity contribution in [2.24, 2.45) is 0 Å². The molecule has 0 amide bonds. The van der Waals surface area contributed by atoms with Crippen LogP contribution in [0.15, 0.2) is 77.4 Å². The molecule has 27 heavy (non-hydrogen) atoms. The number of alkyl halides is 1. The Balaban J connectivity index is 1.69. The number of rotatable bonds is 3. The predicted molar refractivity (Wildman–Crippen MR) is 108 cm³/mol. The van der Waals surface area contributed by atoms with Crippen LogP contribution in [0.5, 0.6) is 0 Å². The lowest BCUT2D eigenvalue weighted by molar-refractivity contribution is 0.574. The number of hydrogen-bond donors (Lipinski definition) is 0. The summed E-state index contributed by atoms with van der Waals surface area (Å²) >= 11 is 5.84. The minimum Gasteiger partial charge on any atom is -0.444 e. The van der Waals surface area contributed by atoms with Crippen LogP contribution in [0.4, 0.5) is 0 Å². The predicted octanol–water partition coefficient (Wildman–Crippen LogP) is 5.84. The summed E-state index contributed by atoms with van der Waals surface area (Å²) in [5.74, 6) is 0.816. The first-order valence-corrected chi connectivity index (χ1v) is 9.12. The van der Waals surface area contributed by atoms with E-state index in [1.165, 1.54) is 0 Å². The monoisotopic (exact) mass is 371 g/mol. The van der Waals surface area contributed by atoms with Crippen molar-refractivity contribution in [3.63, 3.8) is 0 Å². The third-order valence-electron chi connectivity index (χ3n) is 4.49. The Kier molecular flexibility index (Phi) is 3.84. The van der Waals surface area contributed by atoms with Gasteiger partial charge in [-0.15, -0.1) is 11.6 Å². The van der Waals surface area contributed by atoms with Crippen LogP contribution < -0.4 is 0 Å². The summed E-state index contributed by atoms with van der Waals surface area (Å²) in [6.45, 7) is 0. The fraction of sp³-hybridized carbons (Fsp3) is 0.0455. The molecule has 130 valence electrons. The Bertz CT molecular complexity index is 1260. The first-order chi connectivity index (χ1) is 13.3. The second-order valence-electron chi connectivity index (χ2n) is 6.24. The number of nitrogens with zero attached hydrogens (tertiary/aromatic N) is 3. The van der Waals surface area contributed by atoms with Crippen molar-refractivity contribution in [2.75, 3.05) is 0 Å². The van der Waals surface area contributed by atoms with Crippen molar-refractivity contribution in [2.45, 2.75) is 5.88 Å². The van der Waals surface area contributed by atoms with Crippen molar-refractivity contribution in [3.05, 3.63) is 78.7 Å². The highest BCUT2D eigenvalue weighted by Crippen LogP contribution is 2.29. The number of halogens is 1. The average Bonchev–Trinajstić information content (AvgIpc) is 3.21. The molecule has 0 aliphatic heterocycles. The molecule has 5 rings (SSSR count).